The Labute approximate surface area is 166 Å². The lowest BCUT2D eigenvalue weighted by Gasteiger charge is -2.33. The van der Waals surface area contributed by atoms with E-state index in [-0.39, 0.29) is 30.5 Å². The van der Waals surface area contributed by atoms with Crippen molar-refractivity contribution >= 4 is 10.0 Å². The number of sulfonamides is 1. The first kappa shape index (κ1) is 19.4. The highest BCUT2D eigenvalue weighted by Gasteiger charge is 2.29. The summed E-state index contributed by atoms with van der Waals surface area (Å²) in [5, 5.41) is 4.15. The Morgan fingerprint density at radius 2 is 1.79 bits per heavy atom. The fourth-order valence-corrected chi connectivity index (χ4v) is 4.44. The van der Waals surface area contributed by atoms with Gasteiger partial charge in [0.1, 0.15) is 17.4 Å². The van der Waals surface area contributed by atoms with Gasteiger partial charge in [0.05, 0.1) is 0 Å². The molecule has 0 N–H and O–H groups in total. The van der Waals surface area contributed by atoms with Gasteiger partial charge in [-0.05, 0) is 36.4 Å². The van der Waals surface area contributed by atoms with Crippen molar-refractivity contribution in [2.75, 3.05) is 26.2 Å². The van der Waals surface area contributed by atoms with Gasteiger partial charge >= 0.3 is 5.76 Å². The third-order valence-corrected chi connectivity index (χ3v) is 6.52. The van der Waals surface area contributed by atoms with Crippen molar-refractivity contribution in [2.45, 2.75) is 11.6 Å². The quantitative estimate of drug-likeness (QED) is 0.608. The lowest BCUT2D eigenvalue weighted by molar-refractivity contribution is 0.142. The molecule has 0 amide bonds. The monoisotopic (exact) mass is 419 g/mol. The van der Waals surface area contributed by atoms with Gasteiger partial charge in [-0.15, -0.1) is 5.10 Å². The number of hydrogen-bond donors (Lipinski definition) is 0. The van der Waals surface area contributed by atoms with E-state index in [0.717, 1.165) is 0 Å². The fraction of sp³-hybridized carbons (Fsp3) is 0.278. The predicted octanol–water partition coefficient (Wildman–Crippen LogP) is 1.00. The number of piperazine rings is 1. The van der Waals surface area contributed by atoms with Crippen LogP contribution in [0.25, 0.3) is 11.5 Å². The standard InChI is InChI=1S/C18H18FN5O4S/c19-15-5-3-14(4-6-15)17-21-24(18(25)28-17)13-22-8-10-23(11-9-22)29(26,27)16-2-1-7-20-12-16/h1-7,12H,8-11,13H2. The molecule has 0 aliphatic carbocycles. The van der Waals surface area contributed by atoms with E-state index in [2.05, 4.69) is 10.1 Å². The number of hydrogen-bond acceptors (Lipinski definition) is 7. The summed E-state index contributed by atoms with van der Waals surface area (Å²) in [5.74, 6) is -0.919. The lowest BCUT2D eigenvalue weighted by Crippen LogP contribution is -2.49. The van der Waals surface area contributed by atoms with Crippen molar-refractivity contribution in [3.8, 4) is 11.5 Å². The van der Waals surface area contributed by atoms with Crippen LogP contribution >= 0.6 is 0 Å². The smallest absolute Gasteiger partial charge is 0.388 e. The van der Waals surface area contributed by atoms with E-state index in [1.54, 1.807) is 6.07 Å². The first-order valence-electron chi connectivity index (χ1n) is 8.90. The van der Waals surface area contributed by atoms with E-state index in [4.69, 9.17) is 4.42 Å². The summed E-state index contributed by atoms with van der Waals surface area (Å²) in [6, 6.07) is 8.58. The van der Waals surface area contributed by atoms with Gasteiger partial charge in [0.25, 0.3) is 0 Å². The number of nitrogens with zero attached hydrogens (tertiary/aromatic N) is 5. The molecule has 4 rings (SSSR count). The van der Waals surface area contributed by atoms with Crippen molar-refractivity contribution in [1.82, 2.24) is 24.0 Å². The summed E-state index contributed by atoms with van der Waals surface area (Å²) in [6.07, 6.45) is 2.85. The zero-order chi connectivity index (χ0) is 20.4. The highest BCUT2D eigenvalue weighted by atomic mass is 32.2. The first-order valence-corrected chi connectivity index (χ1v) is 10.3. The van der Waals surface area contributed by atoms with Crippen LogP contribution in [-0.2, 0) is 16.7 Å². The molecule has 0 atom stereocenters. The van der Waals surface area contributed by atoms with Crippen molar-refractivity contribution in [2.24, 2.45) is 0 Å². The highest BCUT2D eigenvalue weighted by Crippen LogP contribution is 2.18. The van der Waals surface area contributed by atoms with Crippen molar-refractivity contribution < 1.29 is 17.2 Å². The summed E-state index contributed by atoms with van der Waals surface area (Å²) >= 11 is 0. The molecule has 29 heavy (non-hydrogen) atoms. The molecule has 0 saturated carbocycles. The minimum absolute atomic E-state index is 0.104. The van der Waals surface area contributed by atoms with Crippen molar-refractivity contribution in [3.05, 3.63) is 65.2 Å². The maximum absolute atomic E-state index is 13.0. The molecular formula is C18H18FN5O4S. The number of benzene rings is 1. The van der Waals surface area contributed by atoms with Crippen LogP contribution in [0.2, 0.25) is 0 Å². The normalized spacial score (nSPS) is 16.2. The van der Waals surface area contributed by atoms with E-state index in [1.807, 2.05) is 4.90 Å². The van der Waals surface area contributed by atoms with Crippen molar-refractivity contribution in [1.29, 1.82) is 0 Å². The Kier molecular flexibility index (Phi) is 5.26. The molecule has 1 aromatic carbocycles. The maximum atomic E-state index is 13.0. The number of aromatic nitrogens is 3. The SMILES string of the molecule is O=c1oc(-c2ccc(F)cc2)nn1CN1CCN(S(=O)(=O)c2cccnc2)CC1. The largest absolute Gasteiger partial charge is 0.438 e. The highest BCUT2D eigenvalue weighted by molar-refractivity contribution is 7.89. The predicted molar refractivity (Wildman–Crippen MR) is 101 cm³/mol. The molecule has 1 aliphatic heterocycles. The van der Waals surface area contributed by atoms with Gasteiger partial charge < -0.3 is 4.42 Å². The molecule has 0 unspecified atom stereocenters. The molecule has 1 aliphatic rings. The van der Waals surface area contributed by atoms with E-state index >= 15 is 0 Å². The van der Waals surface area contributed by atoms with Crippen LogP contribution in [-0.4, -0.2) is 58.6 Å². The van der Waals surface area contributed by atoms with Crippen LogP contribution in [0.4, 0.5) is 4.39 Å². The third kappa shape index (κ3) is 4.11. The Balaban J connectivity index is 1.41. The van der Waals surface area contributed by atoms with Crippen molar-refractivity contribution in [3.63, 3.8) is 0 Å². The molecule has 2 aromatic heterocycles. The Morgan fingerprint density at radius 1 is 1.07 bits per heavy atom. The molecule has 3 heterocycles. The third-order valence-electron chi connectivity index (χ3n) is 4.63. The van der Waals surface area contributed by atoms with Gasteiger partial charge in [-0.25, -0.2) is 17.6 Å². The maximum Gasteiger partial charge on any atom is 0.438 e. The van der Waals surface area contributed by atoms with Gasteiger partial charge in [0.2, 0.25) is 15.9 Å². The summed E-state index contributed by atoms with van der Waals surface area (Å²) in [4.78, 5) is 18.0. The zero-order valence-electron chi connectivity index (χ0n) is 15.3. The summed E-state index contributed by atoms with van der Waals surface area (Å²) in [7, 11) is -3.59. The Hall–Kier alpha value is -2.89. The number of pyridine rings is 1. The molecule has 0 radical (unpaired) electrons. The molecule has 0 bridgehead atoms. The minimum atomic E-state index is -3.59. The number of rotatable bonds is 5. The average Bonchev–Trinajstić information content (AvgIpc) is 3.10. The van der Waals surface area contributed by atoms with Crippen LogP contribution in [0.3, 0.4) is 0 Å². The van der Waals surface area contributed by atoms with E-state index < -0.39 is 21.6 Å². The molecule has 152 valence electrons. The van der Waals surface area contributed by atoms with E-state index in [0.29, 0.717) is 18.7 Å². The molecule has 0 spiro atoms. The van der Waals surface area contributed by atoms with Crippen LogP contribution in [0.15, 0.2) is 62.9 Å². The Morgan fingerprint density at radius 3 is 2.45 bits per heavy atom. The molecule has 1 saturated heterocycles. The summed E-state index contributed by atoms with van der Waals surface area (Å²) < 4.78 is 46.1. The second-order valence-corrected chi connectivity index (χ2v) is 8.47. The van der Waals surface area contributed by atoms with E-state index in [1.165, 1.54) is 51.7 Å². The molecule has 3 aromatic rings. The van der Waals surface area contributed by atoms with Gasteiger partial charge in [0, 0.05) is 44.1 Å². The van der Waals surface area contributed by atoms with Gasteiger partial charge in [-0.2, -0.15) is 8.99 Å². The van der Waals surface area contributed by atoms with Crippen LogP contribution in [0, 0.1) is 5.82 Å². The second-order valence-electron chi connectivity index (χ2n) is 6.53. The average molecular weight is 419 g/mol. The summed E-state index contributed by atoms with van der Waals surface area (Å²) in [6.45, 7) is 1.61. The summed E-state index contributed by atoms with van der Waals surface area (Å²) in [5.41, 5.74) is 0.495. The zero-order valence-corrected chi connectivity index (χ0v) is 16.1. The molecule has 1 fully saturated rings. The molecule has 9 nitrogen and oxygen atoms in total. The van der Waals surface area contributed by atoms with Gasteiger partial charge in [-0.1, -0.05) is 0 Å². The minimum Gasteiger partial charge on any atom is -0.388 e. The fourth-order valence-electron chi connectivity index (χ4n) is 3.05. The first-order chi connectivity index (χ1) is 13.9. The topological polar surface area (TPSA) is 102 Å². The van der Waals surface area contributed by atoms with Crippen LogP contribution in [0.1, 0.15) is 0 Å². The Bertz CT molecular complexity index is 1140. The van der Waals surface area contributed by atoms with Crippen LogP contribution < -0.4 is 5.76 Å². The molecule has 11 heteroatoms. The van der Waals surface area contributed by atoms with Gasteiger partial charge in [-0.3, -0.25) is 9.88 Å². The van der Waals surface area contributed by atoms with Crippen LogP contribution in [0.5, 0.6) is 0 Å². The molecular weight excluding hydrogens is 401 g/mol. The van der Waals surface area contributed by atoms with E-state index in [9.17, 15) is 17.6 Å². The van der Waals surface area contributed by atoms with Gasteiger partial charge in [0.15, 0.2) is 0 Å². The lowest BCUT2D eigenvalue weighted by atomic mass is 10.2. The second kappa shape index (κ2) is 7.85. The number of halogens is 1.